The molecule has 0 atom stereocenters. The van der Waals surface area contributed by atoms with Crippen molar-refractivity contribution in [1.29, 1.82) is 0 Å². The molecular weight excluding hydrogens is 510 g/mol. The second kappa shape index (κ2) is 10.6. The van der Waals surface area contributed by atoms with Crippen molar-refractivity contribution in [2.24, 2.45) is 10.9 Å². The molecule has 1 amide bonds. The number of carbonyl (C=O) groups is 2. The highest BCUT2D eigenvalue weighted by Gasteiger charge is 2.32. The van der Waals surface area contributed by atoms with Gasteiger partial charge >= 0.3 is 5.97 Å². The minimum Gasteiger partial charge on any atom is -0.468 e. The quantitative estimate of drug-likeness (QED) is 0.449. The van der Waals surface area contributed by atoms with E-state index in [9.17, 15) is 18.0 Å². The van der Waals surface area contributed by atoms with Crippen molar-refractivity contribution < 1.29 is 22.7 Å². The van der Waals surface area contributed by atoms with Crippen LogP contribution in [0.5, 0.6) is 0 Å². The lowest BCUT2D eigenvalue weighted by Gasteiger charge is -2.29. The van der Waals surface area contributed by atoms with Crippen LogP contribution < -0.4 is 4.80 Å². The van der Waals surface area contributed by atoms with Crippen LogP contribution in [0, 0.1) is 5.92 Å². The molecule has 186 valence electrons. The van der Waals surface area contributed by atoms with Crippen molar-refractivity contribution in [2.45, 2.75) is 37.6 Å². The van der Waals surface area contributed by atoms with Gasteiger partial charge in [-0.3, -0.25) is 9.59 Å². The van der Waals surface area contributed by atoms with Gasteiger partial charge in [0.05, 0.1) is 22.2 Å². The van der Waals surface area contributed by atoms with E-state index in [1.165, 1.54) is 34.9 Å². The summed E-state index contributed by atoms with van der Waals surface area (Å²) in [6.45, 7) is 2.47. The third-order valence-corrected chi connectivity index (χ3v) is 9.34. The molecule has 0 aliphatic carbocycles. The Morgan fingerprint density at radius 2 is 1.83 bits per heavy atom. The number of nitrogens with zero attached hydrogens (tertiary/aromatic N) is 3. The van der Waals surface area contributed by atoms with Gasteiger partial charge in [-0.2, -0.15) is 9.30 Å². The Hall–Kier alpha value is -2.53. The highest BCUT2D eigenvalue weighted by atomic mass is 35.5. The zero-order valence-corrected chi connectivity index (χ0v) is 21.8. The number of thiazole rings is 1. The third kappa shape index (κ3) is 5.50. The topological polar surface area (TPSA) is 98.0 Å². The Kier molecular flexibility index (Phi) is 7.75. The molecule has 1 fully saturated rings. The minimum absolute atomic E-state index is 0.0497. The van der Waals surface area contributed by atoms with Crippen LogP contribution in [0.4, 0.5) is 0 Å². The van der Waals surface area contributed by atoms with Crippen LogP contribution in [-0.2, 0) is 37.3 Å². The SMILES string of the molecule is CCc1ccc2c(c1)sc(=NC(=O)C1CCN(S(=O)(=O)c3ccc(Cl)cc3)CC1)n2CC(=O)OC. The maximum Gasteiger partial charge on any atom is 0.325 e. The molecule has 4 rings (SSSR count). The molecule has 8 nitrogen and oxygen atoms in total. The lowest BCUT2D eigenvalue weighted by molar-refractivity contribution is -0.141. The maximum atomic E-state index is 13.1. The van der Waals surface area contributed by atoms with E-state index in [0.717, 1.165) is 22.2 Å². The largest absolute Gasteiger partial charge is 0.468 e. The number of ether oxygens (including phenoxy) is 1. The molecule has 1 aromatic heterocycles. The van der Waals surface area contributed by atoms with E-state index < -0.39 is 21.9 Å². The summed E-state index contributed by atoms with van der Waals surface area (Å²) in [6.07, 6.45) is 1.61. The first-order valence-corrected chi connectivity index (χ1v) is 13.9. The predicted molar refractivity (Wildman–Crippen MR) is 135 cm³/mol. The van der Waals surface area contributed by atoms with Crippen LogP contribution in [0.3, 0.4) is 0 Å². The summed E-state index contributed by atoms with van der Waals surface area (Å²) in [4.78, 5) is 30.1. The second-order valence-electron chi connectivity index (χ2n) is 8.28. The standard InChI is InChI=1S/C24H26ClN3O5S2/c1-3-16-4-9-20-21(14-16)34-24(28(20)15-22(29)33-2)26-23(30)17-10-12-27(13-11-17)35(31,32)19-7-5-18(25)6-8-19/h4-9,14,17H,3,10-13,15H2,1-2H3. The number of rotatable bonds is 6. The van der Waals surface area contributed by atoms with Crippen molar-refractivity contribution in [1.82, 2.24) is 8.87 Å². The van der Waals surface area contributed by atoms with Crippen molar-refractivity contribution in [3.8, 4) is 0 Å². The average molecular weight is 536 g/mol. The molecule has 0 bridgehead atoms. The van der Waals surface area contributed by atoms with Crippen LogP contribution in [0.15, 0.2) is 52.4 Å². The van der Waals surface area contributed by atoms with E-state index in [1.807, 2.05) is 18.2 Å². The van der Waals surface area contributed by atoms with Crippen molar-refractivity contribution >= 4 is 55.1 Å². The lowest BCUT2D eigenvalue weighted by Crippen LogP contribution is -2.40. The molecule has 0 unspecified atom stereocenters. The summed E-state index contributed by atoms with van der Waals surface area (Å²) in [5.41, 5.74) is 1.96. The van der Waals surface area contributed by atoms with Gasteiger partial charge in [-0.1, -0.05) is 35.9 Å². The van der Waals surface area contributed by atoms with Crippen LogP contribution in [0.1, 0.15) is 25.3 Å². The Balaban J connectivity index is 1.55. The first kappa shape index (κ1) is 25.6. The molecule has 3 aromatic rings. The maximum absolute atomic E-state index is 13.1. The Labute approximate surface area is 212 Å². The molecule has 35 heavy (non-hydrogen) atoms. The number of halogens is 1. The Bertz CT molecular complexity index is 1420. The number of aromatic nitrogens is 1. The number of amides is 1. The predicted octanol–water partition coefficient (Wildman–Crippen LogP) is 3.62. The van der Waals surface area contributed by atoms with Gasteiger partial charge in [0.25, 0.3) is 5.91 Å². The fourth-order valence-corrected chi connectivity index (χ4v) is 6.75. The fourth-order valence-electron chi connectivity index (χ4n) is 4.05. The first-order valence-electron chi connectivity index (χ1n) is 11.3. The van der Waals surface area contributed by atoms with Gasteiger partial charge in [-0.05, 0) is 61.2 Å². The van der Waals surface area contributed by atoms with Gasteiger partial charge in [0.15, 0.2) is 4.80 Å². The first-order chi connectivity index (χ1) is 16.7. The summed E-state index contributed by atoms with van der Waals surface area (Å²) in [5.74, 6) is -1.14. The van der Waals surface area contributed by atoms with Crippen LogP contribution >= 0.6 is 22.9 Å². The molecule has 2 heterocycles. The molecule has 1 saturated heterocycles. The third-order valence-electron chi connectivity index (χ3n) is 6.13. The van der Waals surface area contributed by atoms with Crippen LogP contribution in [0.25, 0.3) is 10.2 Å². The van der Waals surface area contributed by atoms with E-state index in [4.69, 9.17) is 16.3 Å². The van der Waals surface area contributed by atoms with Gasteiger partial charge in [0.2, 0.25) is 10.0 Å². The molecule has 1 aliphatic rings. The monoisotopic (exact) mass is 535 g/mol. The normalized spacial score (nSPS) is 16.0. The van der Waals surface area contributed by atoms with Gasteiger partial charge in [0.1, 0.15) is 6.54 Å². The van der Waals surface area contributed by atoms with E-state index in [1.54, 1.807) is 16.7 Å². The van der Waals surface area contributed by atoms with Gasteiger partial charge in [0, 0.05) is 24.0 Å². The number of fused-ring (bicyclic) bond motifs is 1. The molecular formula is C24H26ClN3O5S2. The van der Waals surface area contributed by atoms with Crippen LogP contribution in [0.2, 0.25) is 5.02 Å². The molecule has 1 aliphatic heterocycles. The molecule has 0 spiro atoms. The fraction of sp³-hybridized carbons (Fsp3) is 0.375. The number of aryl methyl sites for hydroxylation is 1. The average Bonchev–Trinajstić information content (AvgIpc) is 3.19. The van der Waals surface area contributed by atoms with E-state index >= 15 is 0 Å². The van der Waals surface area contributed by atoms with Crippen molar-refractivity contribution in [3.05, 3.63) is 57.9 Å². The number of hydrogen-bond donors (Lipinski definition) is 0. The highest BCUT2D eigenvalue weighted by Crippen LogP contribution is 2.26. The van der Waals surface area contributed by atoms with E-state index in [2.05, 4.69) is 11.9 Å². The summed E-state index contributed by atoms with van der Waals surface area (Å²) in [6, 6.07) is 12.0. The zero-order valence-electron chi connectivity index (χ0n) is 19.4. The molecule has 0 radical (unpaired) electrons. The minimum atomic E-state index is -3.65. The van der Waals surface area contributed by atoms with Gasteiger partial charge < -0.3 is 9.30 Å². The van der Waals surface area contributed by atoms with Gasteiger partial charge in [-0.15, -0.1) is 0 Å². The van der Waals surface area contributed by atoms with E-state index in [-0.39, 0.29) is 30.4 Å². The number of benzene rings is 2. The zero-order chi connectivity index (χ0) is 25.2. The molecule has 2 aromatic carbocycles. The smallest absolute Gasteiger partial charge is 0.325 e. The number of methoxy groups -OCH3 is 1. The molecule has 0 N–H and O–H groups in total. The number of esters is 1. The number of carbonyl (C=O) groups excluding carboxylic acids is 2. The van der Waals surface area contributed by atoms with Crippen LogP contribution in [-0.4, -0.2) is 49.4 Å². The number of piperidine rings is 1. The molecule has 11 heteroatoms. The Morgan fingerprint density at radius 3 is 2.46 bits per heavy atom. The van der Waals surface area contributed by atoms with Gasteiger partial charge in [-0.25, -0.2) is 8.42 Å². The van der Waals surface area contributed by atoms with Crippen molar-refractivity contribution in [2.75, 3.05) is 20.2 Å². The second-order valence-corrected chi connectivity index (χ2v) is 11.7. The number of hydrogen-bond acceptors (Lipinski definition) is 6. The highest BCUT2D eigenvalue weighted by molar-refractivity contribution is 7.89. The lowest BCUT2D eigenvalue weighted by atomic mass is 9.98. The summed E-state index contributed by atoms with van der Waals surface area (Å²) >= 11 is 7.23. The summed E-state index contributed by atoms with van der Waals surface area (Å²) < 4.78 is 34.7. The number of sulfonamides is 1. The van der Waals surface area contributed by atoms with E-state index in [0.29, 0.717) is 22.7 Å². The van der Waals surface area contributed by atoms with Crippen molar-refractivity contribution in [3.63, 3.8) is 0 Å². The molecule has 0 saturated carbocycles. The Morgan fingerprint density at radius 1 is 1.14 bits per heavy atom. The summed E-state index contributed by atoms with van der Waals surface area (Å²) in [7, 11) is -2.33. The summed E-state index contributed by atoms with van der Waals surface area (Å²) in [5, 5.41) is 0.464.